The summed E-state index contributed by atoms with van der Waals surface area (Å²) >= 11 is 3.99. The number of nitrogens with one attached hydrogen (secondary N) is 1. The molecule has 2 nitrogen and oxygen atoms in total. The topological polar surface area (TPSA) is 29.1 Å². The van der Waals surface area contributed by atoms with Gasteiger partial charge >= 0.3 is 0 Å². The number of amides is 1. The van der Waals surface area contributed by atoms with E-state index >= 15 is 0 Å². The first-order valence-corrected chi connectivity index (χ1v) is 10.2. The van der Waals surface area contributed by atoms with Gasteiger partial charge in [0.15, 0.2) is 0 Å². The lowest BCUT2D eigenvalue weighted by Gasteiger charge is -2.13. The number of thioether (sulfide) groups is 2. The first kappa shape index (κ1) is 16.0. The fourth-order valence-electron chi connectivity index (χ4n) is 2.91. The third kappa shape index (κ3) is 4.32. The van der Waals surface area contributed by atoms with Gasteiger partial charge in [-0.25, -0.2) is 0 Å². The van der Waals surface area contributed by atoms with Gasteiger partial charge in [0.05, 0.1) is 4.58 Å². The minimum atomic E-state index is 0.0506. The van der Waals surface area contributed by atoms with E-state index in [0.29, 0.717) is 4.58 Å². The van der Waals surface area contributed by atoms with E-state index in [9.17, 15) is 4.79 Å². The second-order valence-electron chi connectivity index (χ2n) is 5.81. The summed E-state index contributed by atoms with van der Waals surface area (Å²) in [6.07, 6.45) is 8.39. The molecule has 0 atom stereocenters. The summed E-state index contributed by atoms with van der Waals surface area (Å²) in [6, 6.07) is 8.14. The van der Waals surface area contributed by atoms with Gasteiger partial charge in [0.1, 0.15) is 0 Å². The number of carbonyl (C=O) groups excluding carboxylic acids is 1. The van der Waals surface area contributed by atoms with Crippen LogP contribution < -0.4 is 5.32 Å². The molecule has 0 radical (unpaired) electrons. The Labute approximate surface area is 141 Å². The van der Waals surface area contributed by atoms with Crippen LogP contribution in [0.3, 0.4) is 0 Å². The van der Waals surface area contributed by atoms with Crippen LogP contribution in [0.5, 0.6) is 0 Å². The molecule has 1 N–H and O–H groups in total. The van der Waals surface area contributed by atoms with Crippen molar-refractivity contribution in [1.82, 2.24) is 5.32 Å². The molecule has 1 saturated heterocycles. The van der Waals surface area contributed by atoms with E-state index in [1.165, 1.54) is 48.3 Å². The van der Waals surface area contributed by atoms with Crippen LogP contribution in [-0.2, 0) is 0 Å². The fraction of sp³-hybridized carbons (Fsp3) is 0.500. The monoisotopic (exact) mass is 333 g/mol. The van der Waals surface area contributed by atoms with Crippen LogP contribution in [0, 0.1) is 0 Å². The number of carbonyl (C=O) groups is 1. The van der Waals surface area contributed by atoms with Crippen molar-refractivity contribution in [1.29, 1.82) is 0 Å². The highest BCUT2D eigenvalue weighted by Crippen LogP contribution is 2.45. The highest BCUT2D eigenvalue weighted by molar-refractivity contribution is 8.19. The van der Waals surface area contributed by atoms with Crippen molar-refractivity contribution < 1.29 is 4.79 Å². The average Bonchev–Trinajstić information content (AvgIpc) is 3.10. The van der Waals surface area contributed by atoms with Crippen molar-refractivity contribution in [2.24, 2.45) is 0 Å². The molecule has 1 heterocycles. The lowest BCUT2D eigenvalue weighted by Crippen LogP contribution is -2.24. The summed E-state index contributed by atoms with van der Waals surface area (Å²) in [5.74, 6) is 2.51. The molecular weight excluding hydrogens is 310 g/mol. The van der Waals surface area contributed by atoms with Crippen molar-refractivity contribution in [3.63, 3.8) is 0 Å². The Morgan fingerprint density at radius 3 is 2.59 bits per heavy atom. The summed E-state index contributed by atoms with van der Waals surface area (Å²) in [6.45, 7) is 0.751. The standard InChI is InChI=1S/C18H23NOS2/c20-17(19-11-10-14-4-2-1-3-5-14)15-6-8-16(9-7-15)18-21-12-13-22-18/h4,6-9,18H,1-3,5,10-13H2,(H,19,20). The SMILES string of the molecule is O=C(NCCC1=CCCCC1)c1ccc(C2SCCS2)cc1. The second-order valence-corrected chi connectivity index (χ2v) is 8.53. The molecule has 1 aromatic rings. The number of hydrogen-bond donors (Lipinski definition) is 1. The van der Waals surface area contributed by atoms with Gasteiger partial charge in [-0.3, -0.25) is 4.79 Å². The summed E-state index contributed by atoms with van der Waals surface area (Å²) in [4.78, 5) is 12.2. The van der Waals surface area contributed by atoms with Crippen LogP contribution in [0.25, 0.3) is 0 Å². The second kappa shape index (κ2) is 8.11. The van der Waals surface area contributed by atoms with Gasteiger partial charge in [-0.15, -0.1) is 23.5 Å². The smallest absolute Gasteiger partial charge is 0.251 e. The molecule has 0 unspecified atom stereocenters. The lowest BCUT2D eigenvalue weighted by molar-refractivity contribution is 0.0954. The van der Waals surface area contributed by atoms with Crippen molar-refractivity contribution in [3.05, 3.63) is 47.0 Å². The van der Waals surface area contributed by atoms with E-state index in [-0.39, 0.29) is 5.91 Å². The molecule has 1 fully saturated rings. The molecule has 4 heteroatoms. The number of rotatable bonds is 5. The van der Waals surface area contributed by atoms with Crippen molar-refractivity contribution in [2.75, 3.05) is 18.1 Å². The maximum atomic E-state index is 12.2. The van der Waals surface area contributed by atoms with E-state index in [1.54, 1.807) is 0 Å². The first-order valence-electron chi connectivity index (χ1n) is 8.12. The summed E-state index contributed by atoms with van der Waals surface area (Å²) in [5, 5.41) is 3.05. The van der Waals surface area contributed by atoms with Crippen LogP contribution in [0.15, 0.2) is 35.9 Å². The maximum Gasteiger partial charge on any atom is 0.251 e. The first-order chi connectivity index (χ1) is 10.8. The highest BCUT2D eigenvalue weighted by atomic mass is 32.2. The van der Waals surface area contributed by atoms with Crippen LogP contribution in [0.1, 0.15) is 52.6 Å². The molecule has 0 saturated carbocycles. The molecular formula is C18H23NOS2. The third-order valence-corrected chi connectivity index (χ3v) is 7.29. The molecule has 2 aliphatic rings. The highest BCUT2D eigenvalue weighted by Gasteiger charge is 2.18. The molecule has 0 aromatic heterocycles. The van der Waals surface area contributed by atoms with Crippen molar-refractivity contribution in [2.45, 2.75) is 36.7 Å². The Hall–Kier alpha value is -0.870. The Balaban J connectivity index is 1.48. The average molecular weight is 334 g/mol. The maximum absolute atomic E-state index is 12.2. The van der Waals surface area contributed by atoms with Crippen molar-refractivity contribution >= 4 is 29.4 Å². The van der Waals surface area contributed by atoms with Gasteiger partial charge in [0, 0.05) is 23.6 Å². The third-order valence-electron chi connectivity index (χ3n) is 4.18. The van der Waals surface area contributed by atoms with Gasteiger partial charge in [-0.1, -0.05) is 23.8 Å². The number of hydrogen-bond acceptors (Lipinski definition) is 3. The summed E-state index contributed by atoms with van der Waals surface area (Å²) < 4.78 is 0.551. The molecule has 118 valence electrons. The minimum absolute atomic E-state index is 0.0506. The summed E-state index contributed by atoms with van der Waals surface area (Å²) in [5.41, 5.74) is 3.61. The molecule has 1 aliphatic heterocycles. The zero-order valence-electron chi connectivity index (χ0n) is 12.8. The van der Waals surface area contributed by atoms with Crippen LogP contribution >= 0.6 is 23.5 Å². The molecule has 22 heavy (non-hydrogen) atoms. The van der Waals surface area contributed by atoms with Crippen LogP contribution in [0.4, 0.5) is 0 Å². The molecule has 1 amide bonds. The van der Waals surface area contributed by atoms with E-state index in [1.807, 2.05) is 35.7 Å². The van der Waals surface area contributed by atoms with Crippen molar-refractivity contribution in [3.8, 4) is 0 Å². The fourth-order valence-corrected chi connectivity index (χ4v) is 5.77. The molecule has 1 aromatic carbocycles. The van der Waals surface area contributed by atoms with E-state index < -0.39 is 0 Å². The summed E-state index contributed by atoms with van der Waals surface area (Å²) in [7, 11) is 0. The minimum Gasteiger partial charge on any atom is -0.352 e. The molecule has 1 aliphatic carbocycles. The zero-order valence-corrected chi connectivity index (χ0v) is 14.5. The Kier molecular flexibility index (Phi) is 5.90. The van der Waals surface area contributed by atoms with E-state index in [4.69, 9.17) is 0 Å². The Bertz CT molecular complexity index is 533. The van der Waals surface area contributed by atoms with E-state index in [2.05, 4.69) is 23.5 Å². The normalized spacial score (nSPS) is 19.0. The van der Waals surface area contributed by atoms with Gasteiger partial charge in [-0.05, 0) is 49.8 Å². The largest absolute Gasteiger partial charge is 0.352 e. The molecule has 0 bridgehead atoms. The Morgan fingerprint density at radius 1 is 1.14 bits per heavy atom. The lowest BCUT2D eigenvalue weighted by atomic mass is 9.97. The van der Waals surface area contributed by atoms with Gasteiger partial charge in [0.2, 0.25) is 0 Å². The molecule has 3 rings (SSSR count). The van der Waals surface area contributed by atoms with Crippen LogP contribution in [0.2, 0.25) is 0 Å². The zero-order chi connectivity index (χ0) is 15.2. The predicted molar refractivity (Wildman–Crippen MR) is 97.6 cm³/mol. The van der Waals surface area contributed by atoms with Crippen LogP contribution in [-0.4, -0.2) is 24.0 Å². The van der Waals surface area contributed by atoms with Gasteiger partial charge in [-0.2, -0.15) is 0 Å². The predicted octanol–water partition coefficient (Wildman–Crippen LogP) is 4.79. The number of benzene rings is 1. The van der Waals surface area contributed by atoms with Gasteiger partial charge in [0.25, 0.3) is 5.91 Å². The van der Waals surface area contributed by atoms with E-state index in [0.717, 1.165) is 18.5 Å². The van der Waals surface area contributed by atoms with Gasteiger partial charge < -0.3 is 5.32 Å². The quantitative estimate of drug-likeness (QED) is 0.786. The molecule has 0 spiro atoms. The Morgan fingerprint density at radius 2 is 1.91 bits per heavy atom. The number of allylic oxidation sites excluding steroid dienone is 1.